The molecule has 0 atom stereocenters. The van der Waals surface area contributed by atoms with Gasteiger partial charge in [0.25, 0.3) is 0 Å². The van der Waals surface area contributed by atoms with E-state index in [1.807, 2.05) is 6.07 Å². The number of carbonyl (C=O) groups is 1. The molecule has 4 heteroatoms. The molecule has 0 saturated carbocycles. The fraction of sp³-hybridized carbons (Fsp3) is 0.538. The number of ketones is 1. The first kappa shape index (κ1) is 14.3. The van der Waals surface area contributed by atoms with Gasteiger partial charge in [-0.15, -0.1) is 0 Å². The van der Waals surface area contributed by atoms with Crippen LogP contribution in [0.25, 0.3) is 0 Å². The van der Waals surface area contributed by atoms with E-state index in [1.54, 1.807) is 12.4 Å². The molecule has 0 amide bonds. The van der Waals surface area contributed by atoms with Gasteiger partial charge in [0, 0.05) is 41.8 Å². The molecule has 0 aliphatic heterocycles. The van der Waals surface area contributed by atoms with Crippen molar-refractivity contribution in [1.82, 2.24) is 10.3 Å². The molecule has 94 valence electrons. The number of aromatic nitrogens is 1. The summed E-state index contributed by atoms with van der Waals surface area (Å²) in [6.07, 6.45) is 4.47. The highest BCUT2D eigenvalue weighted by Gasteiger charge is 2.10. The van der Waals surface area contributed by atoms with Crippen LogP contribution in [0.2, 0.25) is 0 Å². The van der Waals surface area contributed by atoms with Gasteiger partial charge < -0.3 is 5.32 Å². The van der Waals surface area contributed by atoms with E-state index in [1.165, 1.54) is 0 Å². The number of nitrogens with one attached hydrogen (secondary N) is 1. The third-order valence-electron chi connectivity index (χ3n) is 2.22. The van der Waals surface area contributed by atoms with Crippen LogP contribution >= 0.6 is 15.9 Å². The normalized spacial score (nSPS) is 11.5. The molecular weight excluding hydrogens is 280 g/mol. The summed E-state index contributed by atoms with van der Waals surface area (Å²) in [5.74, 6) is 0.238. The Balaban J connectivity index is 2.35. The maximum atomic E-state index is 11.7. The molecule has 0 fully saturated rings. The predicted octanol–water partition coefficient (Wildman–Crippen LogP) is 2.73. The molecule has 0 radical (unpaired) electrons. The van der Waals surface area contributed by atoms with Crippen LogP contribution in [0.5, 0.6) is 0 Å². The summed E-state index contributed by atoms with van der Waals surface area (Å²) in [7, 11) is 0. The summed E-state index contributed by atoms with van der Waals surface area (Å²) in [4.78, 5) is 15.8. The lowest BCUT2D eigenvalue weighted by Crippen LogP contribution is -2.37. The first-order valence-electron chi connectivity index (χ1n) is 5.73. The fourth-order valence-corrected chi connectivity index (χ4v) is 1.86. The highest BCUT2D eigenvalue weighted by Crippen LogP contribution is 2.10. The van der Waals surface area contributed by atoms with Crippen molar-refractivity contribution in [2.24, 2.45) is 0 Å². The van der Waals surface area contributed by atoms with Gasteiger partial charge in [0.1, 0.15) is 5.78 Å². The Kier molecular flexibility index (Phi) is 5.28. The highest BCUT2D eigenvalue weighted by molar-refractivity contribution is 9.10. The molecule has 0 aliphatic carbocycles. The van der Waals surface area contributed by atoms with E-state index in [4.69, 9.17) is 0 Å². The van der Waals surface area contributed by atoms with Crippen LogP contribution in [0.3, 0.4) is 0 Å². The van der Waals surface area contributed by atoms with Crippen LogP contribution < -0.4 is 5.32 Å². The van der Waals surface area contributed by atoms with Crippen molar-refractivity contribution in [1.29, 1.82) is 0 Å². The largest absolute Gasteiger partial charge is 0.312 e. The minimum absolute atomic E-state index is 0.0671. The monoisotopic (exact) mass is 298 g/mol. The maximum Gasteiger partial charge on any atom is 0.138 e. The number of halogens is 1. The predicted molar refractivity (Wildman–Crippen MR) is 73.0 cm³/mol. The Morgan fingerprint density at radius 3 is 2.71 bits per heavy atom. The van der Waals surface area contributed by atoms with Crippen LogP contribution in [-0.4, -0.2) is 22.9 Å². The number of nitrogens with zero attached hydrogens (tertiary/aromatic N) is 1. The third kappa shape index (κ3) is 6.54. The summed E-state index contributed by atoms with van der Waals surface area (Å²) >= 11 is 3.34. The number of rotatable bonds is 5. The van der Waals surface area contributed by atoms with Gasteiger partial charge in [-0.2, -0.15) is 0 Å². The summed E-state index contributed by atoms with van der Waals surface area (Å²) in [5.41, 5.74) is 1.03. The molecule has 0 saturated heterocycles. The summed E-state index contributed by atoms with van der Waals surface area (Å²) in [5, 5.41) is 3.30. The van der Waals surface area contributed by atoms with Crippen LogP contribution in [0, 0.1) is 0 Å². The second-order valence-corrected chi connectivity index (χ2v) is 6.07. The first-order chi connectivity index (χ1) is 7.87. The van der Waals surface area contributed by atoms with Crippen molar-refractivity contribution in [3.8, 4) is 0 Å². The second-order valence-electron chi connectivity index (χ2n) is 5.15. The summed E-state index contributed by atoms with van der Waals surface area (Å²) in [6, 6.07) is 1.93. The standard InChI is InChI=1S/C13H19BrN2O/c1-13(2,3)16-5-4-12(17)7-10-6-11(14)9-15-8-10/h6,8-9,16H,4-5,7H2,1-3H3. The van der Waals surface area contributed by atoms with Crippen molar-refractivity contribution in [2.45, 2.75) is 39.2 Å². The first-order valence-corrected chi connectivity index (χ1v) is 6.52. The number of Topliss-reactive ketones (excluding diaryl/α,β-unsaturated/α-hetero) is 1. The zero-order chi connectivity index (χ0) is 12.9. The van der Waals surface area contributed by atoms with Gasteiger partial charge in [-0.25, -0.2) is 0 Å². The maximum absolute atomic E-state index is 11.7. The van der Waals surface area contributed by atoms with Gasteiger partial charge in [0.05, 0.1) is 0 Å². The smallest absolute Gasteiger partial charge is 0.138 e. The third-order valence-corrected chi connectivity index (χ3v) is 2.66. The molecular formula is C13H19BrN2O. The van der Waals surface area contributed by atoms with Crippen LogP contribution in [0.1, 0.15) is 32.8 Å². The van der Waals surface area contributed by atoms with Gasteiger partial charge in [0.2, 0.25) is 0 Å². The van der Waals surface area contributed by atoms with Crippen LogP contribution in [0.4, 0.5) is 0 Å². The van der Waals surface area contributed by atoms with E-state index in [0.717, 1.165) is 16.6 Å². The average Bonchev–Trinajstić information content (AvgIpc) is 2.15. The minimum atomic E-state index is 0.0671. The SMILES string of the molecule is CC(C)(C)NCCC(=O)Cc1cncc(Br)c1. The molecule has 0 unspecified atom stereocenters. The van der Waals surface area contributed by atoms with Gasteiger partial charge in [-0.05, 0) is 48.3 Å². The van der Waals surface area contributed by atoms with Crippen molar-refractivity contribution in [3.63, 3.8) is 0 Å². The van der Waals surface area contributed by atoms with Crippen molar-refractivity contribution in [3.05, 3.63) is 28.5 Å². The second kappa shape index (κ2) is 6.26. The van der Waals surface area contributed by atoms with Gasteiger partial charge in [0.15, 0.2) is 0 Å². The fourth-order valence-electron chi connectivity index (χ4n) is 1.45. The Morgan fingerprint density at radius 2 is 2.12 bits per heavy atom. The van der Waals surface area contributed by atoms with E-state index in [9.17, 15) is 4.79 Å². The number of hydrogen-bond acceptors (Lipinski definition) is 3. The van der Waals surface area contributed by atoms with Crippen LogP contribution in [0.15, 0.2) is 22.9 Å². The molecule has 3 nitrogen and oxygen atoms in total. The lowest BCUT2D eigenvalue weighted by molar-refractivity contribution is -0.118. The van der Waals surface area contributed by atoms with E-state index in [0.29, 0.717) is 12.8 Å². The molecule has 0 bridgehead atoms. The van der Waals surface area contributed by atoms with Crippen molar-refractivity contribution >= 4 is 21.7 Å². The molecule has 1 rings (SSSR count). The summed E-state index contributed by atoms with van der Waals surface area (Å²) in [6.45, 7) is 7.00. The van der Waals surface area contributed by atoms with Crippen LogP contribution in [-0.2, 0) is 11.2 Å². The number of carbonyl (C=O) groups excluding carboxylic acids is 1. The molecule has 1 aromatic heterocycles. The van der Waals surface area contributed by atoms with E-state index >= 15 is 0 Å². The highest BCUT2D eigenvalue weighted by atomic mass is 79.9. The van der Waals surface area contributed by atoms with E-state index in [-0.39, 0.29) is 11.3 Å². The minimum Gasteiger partial charge on any atom is -0.312 e. The quantitative estimate of drug-likeness (QED) is 0.909. The molecule has 0 spiro atoms. The average molecular weight is 299 g/mol. The summed E-state index contributed by atoms with van der Waals surface area (Å²) < 4.78 is 0.913. The molecule has 1 aromatic rings. The Bertz CT molecular complexity index is 385. The van der Waals surface area contributed by atoms with E-state index in [2.05, 4.69) is 47.0 Å². The lowest BCUT2D eigenvalue weighted by atomic mass is 10.1. The zero-order valence-electron chi connectivity index (χ0n) is 10.6. The van der Waals surface area contributed by atoms with Gasteiger partial charge >= 0.3 is 0 Å². The molecule has 0 aliphatic rings. The molecule has 1 heterocycles. The van der Waals surface area contributed by atoms with E-state index < -0.39 is 0 Å². The van der Waals surface area contributed by atoms with Crippen molar-refractivity contribution < 1.29 is 4.79 Å². The topological polar surface area (TPSA) is 42.0 Å². The molecule has 0 aromatic carbocycles. The Hall–Kier alpha value is -0.740. The zero-order valence-corrected chi connectivity index (χ0v) is 12.2. The van der Waals surface area contributed by atoms with Gasteiger partial charge in [-0.1, -0.05) is 0 Å². The Morgan fingerprint density at radius 1 is 1.41 bits per heavy atom. The number of pyridine rings is 1. The van der Waals surface area contributed by atoms with Gasteiger partial charge in [-0.3, -0.25) is 9.78 Å². The lowest BCUT2D eigenvalue weighted by Gasteiger charge is -2.20. The number of hydrogen-bond donors (Lipinski definition) is 1. The molecule has 17 heavy (non-hydrogen) atoms. The molecule has 1 N–H and O–H groups in total. The van der Waals surface area contributed by atoms with Crippen molar-refractivity contribution in [2.75, 3.05) is 6.54 Å². The Labute approximate surface area is 111 Å².